The number of amides is 2. The van der Waals surface area contributed by atoms with E-state index in [4.69, 9.17) is 4.74 Å². The molecule has 1 aliphatic heterocycles. The summed E-state index contributed by atoms with van der Waals surface area (Å²) in [7, 11) is 0. The SMILES string of the molecule is C=CCNc1ccc(C(=O)NC2CCN(C(=O)OCC)CC2)nc1. The van der Waals surface area contributed by atoms with Crippen molar-refractivity contribution in [3.05, 3.63) is 36.7 Å². The Morgan fingerprint density at radius 3 is 2.75 bits per heavy atom. The maximum absolute atomic E-state index is 12.2. The van der Waals surface area contributed by atoms with Crippen LogP contribution in [0.5, 0.6) is 0 Å². The zero-order valence-electron chi connectivity index (χ0n) is 14.0. The van der Waals surface area contributed by atoms with Crippen molar-refractivity contribution in [3.63, 3.8) is 0 Å². The number of hydrogen-bond donors (Lipinski definition) is 2. The molecule has 24 heavy (non-hydrogen) atoms. The van der Waals surface area contributed by atoms with Gasteiger partial charge in [0.1, 0.15) is 5.69 Å². The van der Waals surface area contributed by atoms with Gasteiger partial charge in [-0.3, -0.25) is 4.79 Å². The summed E-state index contributed by atoms with van der Waals surface area (Å²) in [5.74, 6) is -0.195. The number of rotatable bonds is 6. The molecule has 130 valence electrons. The maximum Gasteiger partial charge on any atom is 0.409 e. The molecule has 0 spiro atoms. The minimum absolute atomic E-state index is 0.0449. The Hall–Kier alpha value is -2.57. The number of likely N-dealkylation sites (tertiary alicyclic amines) is 1. The second kappa shape index (κ2) is 8.90. The van der Waals surface area contributed by atoms with Crippen LogP contribution in [0, 0.1) is 0 Å². The molecule has 1 fully saturated rings. The van der Waals surface area contributed by atoms with Crippen molar-refractivity contribution >= 4 is 17.7 Å². The first-order valence-corrected chi connectivity index (χ1v) is 8.17. The zero-order chi connectivity index (χ0) is 17.4. The van der Waals surface area contributed by atoms with E-state index in [2.05, 4.69) is 22.2 Å². The lowest BCUT2D eigenvalue weighted by atomic mass is 10.1. The van der Waals surface area contributed by atoms with Gasteiger partial charge in [-0.2, -0.15) is 0 Å². The first kappa shape index (κ1) is 17.8. The number of pyridine rings is 1. The van der Waals surface area contributed by atoms with E-state index in [-0.39, 0.29) is 18.0 Å². The Labute approximate surface area is 142 Å². The minimum Gasteiger partial charge on any atom is -0.450 e. The van der Waals surface area contributed by atoms with Crippen LogP contribution in [-0.2, 0) is 4.74 Å². The number of piperidine rings is 1. The summed E-state index contributed by atoms with van der Waals surface area (Å²) < 4.78 is 4.98. The van der Waals surface area contributed by atoms with Crippen LogP contribution in [0.3, 0.4) is 0 Å². The molecule has 0 saturated carbocycles. The van der Waals surface area contributed by atoms with Crippen LogP contribution < -0.4 is 10.6 Å². The van der Waals surface area contributed by atoms with Crippen molar-refractivity contribution in [2.75, 3.05) is 31.6 Å². The van der Waals surface area contributed by atoms with Gasteiger partial charge in [-0.05, 0) is 31.9 Å². The van der Waals surface area contributed by atoms with Crippen molar-refractivity contribution < 1.29 is 14.3 Å². The Balaban J connectivity index is 1.80. The summed E-state index contributed by atoms with van der Waals surface area (Å²) in [5.41, 5.74) is 1.22. The number of nitrogens with one attached hydrogen (secondary N) is 2. The first-order chi connectivity index (χ1) is 11.6. The smallest absolute Gasteiger partial charge is 0.409 e. The molecule has 2 rings (SSSR count). The van der Waals surface area contributed by atoms with E-state index in [9.17, 15) is 9.59 Å². The number of hydrogen-bond acceptors (Lipinski definition) is 5. The lowest BCUT2D eigenvalue weighted by Crippen LogP contribution is -2.46. The fraction of sp³-hybridized carbons (Fsp3) is 0.471. The highest BCUT2D eigenvalue weighted by Gasteiger charge is 2.25. The van der Waals surface area contributed by atoms with Crippen LogP contribution in [0.25, 0.3) is 0 Å². The third kappa shape index (κ3) is 4.97. The third-order valence-electron chi connectivity index (χ3n) is 3.80. The Morgan fingerprint density at radius 2 is 2.17 bits per heavy atom. The lowest BCUT2D eigenvalue weighted by molar-refractivity contribution is 0.0856. The number of anilines is 1. The van der Waals surface area contributed by atoms with Gasteiger partial charge in [0.05, 0.1) is 18.5 Å². The summed E-state index contributed by atoms with van der Waals surface area (Å²) in [4.78, 5) is 29.7. The average molecular weight is 332 g/mol. The molecule has 0 atom stereocenters. The summed E-state index contributed by atoms with van der Waals surface area (Å²) in [6, 6.07) is 3.55. The molecule has 0 unspecified atom stereocenters. The zero-order valence-corrected chi connectivity index (χ0v) is 14.0. The first-order valence-electron chi connectivity index (χ1n) is 8.17. The molecule has 7 nitrogen and oxygen atoms in total. The fourth-order valence-electron chi connectivity index (χ4n) is 2.50. The molecule has 2 heterocycles. The summed E-state index contributed by atoms with van der Waals surface area (Å²) in [5, 5.41) is 6.08. The normalized spacial score (nSPS) is 14.8. The van der Waals surface area contributed by atoms with Crippen LogP contribution in [0.1, 0.15) is 30.3 Å². The van der Waals surface area contributed by atoms with Gasteiger partial charge in [0.2, 0.25) is 0 Å². The van der Waals surface area contributed by atoms with E-state index in [1.807, 2.05) is 6.07 Å². The number of carbonyl (C=O) groups excluding carboxylic acids is 2. The highest BCUT2D eigenvalue weighted by Crippen LogP contribution is 2.13. The van der Waals surface area contributed by atoms with Crippen LogP contribution in [0.2, 0.25) is 0 Å². The van der Waals surface area contributed by atoms with Gasteiger partial charge in [-0.1, -0.05) is 6.08 Å². The van der Waals surface area contributed by atoms with Gasteiger partial charge in [-0.25, -0.2) is 9.78 Å². The molecular formula is C17H24N4O3. The van der Waals surface area contributed by atoms with Gasteiger partial charge in [0, 0.05) is 25.7 Å². The summed E-state index contributed by atoms with van der Waals surface area (Å²) >= 11 is 0. The lowest BCUT2D eigenvalue weighted by Gasteiger charge is -2.31. The predicted octanol–water partition coefficient (Wildman–Crippen LogP) is 2.03. The molecule has 2 amide bonds. The predicted molar refractivity (Wildman–Crippen MR) is 92.0 cm³/mol. The minimum atomic E-state index is -0.286. The van der Waals surface area contributed by atoms with Crippen molar-refractivity contribution in [1.29, 1.82) is 0 Å². The quantitative estimate of drug-likeness (QED) is 0.779. The van der Waals surface area contributed by atoms with Crippen LogP contribution >= 0.6 is 0 Å². The molecule has 1 aromatic heterocycles. The van der Waals surface area contributed by atoms with Crippen molar-refractivity contribution in [3.8, 4) is 0 Å². The molecule has 1 aromatic rings. The molecular weight excluding hydrogens is 308 g/mol. The van der Waals surface area contributed by atoms with Crippen molar-refractivity contribution in [2.45, 2.75) is 25.8 Å². The number of nitrogens with zero attached hydrogens (tertiary/aromatic N) is 2. The van der Waals surface area contributed by atoms with Crippen molar-refractivity contribution in [2.24, 2.45) is 0 Å². The van der Waals surface area contributed by atoms with E-state index < -0.39 is 0 Å². The second-order valence-corrected chi connectivity index (χ2v) is 5.54. The van der Waals surface area contributed by atoms with Gasteiger partial charge in [0.25, 0.3) is 5.91 Å². The number of carbonyl (C=O) groups is 2. The van der Waals surface area contributed by atoms with E-state index in [1.165, 1.54) is 0 Å². The standard InChI is InChI=1S/C17H24N4O3/c1-3-9-18-14-5-6-15(19-12-14)16(22)20-13-7-10-21(11-8-13)17(23)24-4-2/h3,5-6,12-13,18H,1,4,7-11H2,2H3,(H,20,22). The Kier molecular flexibility index (Phi) is 6.60. The summed E-state index contributed by atoms with van der Waals surface area (Å²) in [6.07, 6.45) is 4.52. The Morgan fingerprint density at radius 1 is 1.42 bits per heavy atom. The largest absolute Gasteiger partial charge is 0.450 e. The fourth-order valence-corrected chi connectivity index (χ4v) is 2.50. The van der Waals surface area contributed by atoms with Gasteiger partial charge in [-0.15, -0.1) is 6.58 Å². The molecule has 0 aromatic carbocycles. The van der Waals surface area contributed by atoms with Gasteiger partial charge < -0.3 is 20.3 Å². The van der Waals surface area contributed by atoms with Gasteiger partial charge in [0.15, 0.2) is 0 Å². The molecule has 1 aliphatic rings. The third-order valence-corrected chi connectivity index (χ3v) is 3.80. The van der Waals surface area contributed by atoms with Crippen molar-refractivity contribution in [1.82, 2.24) is 15.2 Å². The van der Waals surface area contributed by atoms with Crippen LogP contribution in [-0.4, -0.2) is 54.2 Å². The summed E-state index contributed by atoms with van der Waals surface area (Å²) in [6.45, 7) is 7.61. The maximum atomic E-state index is 12.2. The number of ether oxygens (including phenoxy) is 1. The molecule has 0 bridgehead atoms. The Bertz CT molecular complexity index is 566. The monoisotopic (exact) mass is 332 g/mol. The van der Waals surface area contributed by atoms with E-state index >= 15 is 0 Å². The highest BCUT2D eigenvalue weighted by atomic mass is 16.6. The van der Waals surface area contributed by atoms with Crippen LogP contribution in [0.15, 0.2) is 31.0 Å². The van der Waals surface area contributed by atoms with Crippen LogP contribution in [0.4, 0.5) is 10.5 Å². The highest BCUT2D eigenvalue weighted by molar-refractivity contribution is 5.92. The van der Waals surface area contributed by atoms with E-state index in [0.717, 1.165) is 5.69 Å². The topological polar surface area (TPSA) is 83.6 Å². The van der Waals surface area contributed by atoms with E-state index in [0.29, 0.717) is 44.8 Å². The molecule has 0 aliphatic carbocycles. The number of aromatic nitrogens is 1. The van der Waals surface area contributed by atoms with Gasteiger partial charge >= 0.3 is 6.09 Å². The molecule has 0 radical (unpaired) electrons. The van der Waals surface area contributed by atoms with E-state index in [1.54, 1.807) is 30.2 Å². The second-order valence-electron chi connectivity index (χ2n) is 5.54. The molecule has 2 N–H and O–H groups in total. The molecule has 1 saturated heterocycles. The molecule has 7 heteroatoms. The average Bonchev–Trinajstić information content (AvgIpc) is 2.61.